The van der Waals surface area contributed by atoms with Gasteiger partial charge < -0.3 is 17.9 Å². The first kappa shape index (κ1) is 40.9. The quantitative estimate of drug-likeness (QED) is 0.167. The smallest absolute Gasteiger partial charge is 0.0627 e. The molecule has 0 bridgehead atoms. The predicted molar refractivity (Wildman–Crippen MR) is 330 cm³/mol. The number of aromatic nitrogens is 4. The molecular formula is C74H42N4. The van der Waals surface area contributed by atoms with Crippen LogP contribution in [0.2, 0.25) is 0 Å². The van der Waals surface area contributed by atoms with Gasteiger partial charge in [-0.25, -0.2) is 0 Å². The summed E-state index contributed by atoms with van der Waals surface area (Å²) >= 11 is 0. The summed E-state index contributed by atoms with van der Waals surface area (Å²) in [5, 5.41) is 20.3. The number of fused-ring (bicyclic) bond motifs is 22. The molecule has 4 heteroatoms. The Morgan fingerprint density at radius 1 is 0.205 bits per heavy atom. The molecule has 0 amide bonds. The van der Waals surface area contributed by atoms with Crippen molar-refractivity contribution in [2.75, 3.05) is 0 Å². The summed E-state index contributed by atoms with van der Waals surface area (Å²) in [5.41, 5.74) is 19.5. The van der Waals surface area contributed by atoms with E-state index in [1.165, 1.54) is 164 Å². The van der Waals surface area contributed by atoms with Gasteiger partial charge in [0.25, 0.3) is 0 Å². The molecule has 6 aromatic heterocycles. The third-order valence-electron chi connectivity index (χ3n) is 17.7. The van der Waals surface area contributed by atoms with Gasteiger partial charge in [0.2, 0.25) is 0 Å². The third kappa shape index (κ3) is 5.10. The Morgan fingerprint density at radius 2 is 0.641 bits per heavy atom. The van der Waals surface area contributed by atoms with Crippen LogP contribution in [-0.4, -0.2) is 17.9 Å². The largest absolute Gasteiger partial charge is 0.309 e. The highest BCUT2D eigenvalue weighted by molar-refractivity contribution is 6.36. The first-order valence-corrected chi connectivity index (χ1v) is 27.1. The second-order valence-electron chi connectivity index (χ2n) is 21.5. The molecule has 0 radical (unpaired) electrons. The van der Waals surface area contributed by atoms with Crippen molar-refractivity contribution in [3.8, 4) is 33.6 Å². The molecule has 78 heavy (non-hydrogen) atoms. The Hall–Kier alpha value is -10.4. The van der Waals surface area contributed by atoms with Crippen molar-refractivity contribution >= 4 is 141 Å². The maximum absolute atomic E-state index is 2.63. The monoisotopic (exact) mass is 986 g/mol. The van der Waals surface area contributed by atoms with Crippen LogP contribution in [0.4, 0.5) is 0 Å². The van der Waals surface area contributed by atoms with E-state index in [1.807, 2.05) is 0 Å². The lowest BCUT2D eigenvalue weighted by Crippen LogP contribution is -1.93. The molecule has 0 aliphatic rings. The van der Waals surface area contributed by atoms with Gasteiger partial charge in [-0.3, -0.25) is 0 Å². The van der Waals surface area contributed by atoms with E-state index in [0.29, 0.717) is 0 Å². The van der Waals surface area contributed by atoms with Crippen molar-refractivity contribution in [2.45, 2.75) is 0 Å². The van der Waals surface area contributed by atoms with E-state index >= 15 is 0 Å². The Morgan fingerprint density at radius 3 is 1.27 bits per heavy atom. The molecule has 0 unspecified atom stereocenters. The number of para-hydroxylation sites is 6. The molecule has 6 heterocycles. The minimum Gasteiger partial charge on any atom is -0.309 e. The first-order chi connectivity index (χ1) is 38.7. The zero-order valence-corrected chi connectivity index (χ0v) is 42.0. The fraction of sp³-hybridized carbons (Fsp3) is 0. The average Bonchev–Trinajstić information content (AvgIpc) is 4.37. The summed E-state index contributed by atoms with van der Waals surface area (Å²) in [6, 6.07) is 95.4. The number of benzene rings is 13. The van der Waals surface area contributed by atoms with Crippen LogP contribution in [-0.2, 0) is 0 Å². The normalized spacial score (nSPS) is 12.6. The van der Waals surface area contributed by atoms with Gasteiger partial charge in [0.15, 0.2) is 0 Å². The molecule has 19 aromatic rings. The molecule has 0 fully saturated rings. The van der Waals surface area contributed by atoms with Gasteiger partial charge in [0, 0.05) is 87.1 Å². The van der Waals surface area contributed by atoms with E-state index in [1.54, 1.807) is 0 Å². The molecule has 4 nitrogen and oxygen atoms in total. The van der Waals surface area contributed by atoms with Gasteiger partial charge in [0.1, 0.15) is 0 Å². The standard InChI is InChI=1S/C74H42N4/c1-3-19-47(20-4-1)75-63-31-13-11-25-52(63)58-38-45(33-35-65(58)75)51-27-15-29-55-70-50-24-10-8-18-44(50)40-62-61-42-67-60(41-68(61)77(71(51)55)74(62)70)54-28-16-30-56-69-49-23-9-7-17-43(49)37-57(73(69)78(67)72(54)56)46-34-36-66-59(39-46)53-26-12-14-32-64(53)76(66)48-21-5-2-6-22-48/h1-42H. The third-order valence-corrected chi connectivity index (χ3v) is 17.7. The van der Waals surface area contributed by atoms with E-state index in [-0.39, 0.29) is 0 Å². The fourth-order valence-corrected chi connectivity index (χ4v) is 14.6. The van der Waals surface area contributed by atoms with Crippen LogP contribution in [0.25, 0.3) is 175 Å². The molecule has 13 aromatic carbocycles. The van der Waals surface area contributed by atoms with Gasteiger partial charge in [0.05, 0.1) is 55.2 Å². The molecule has 0 spiro atoms. The summed E-state index contributed by atoms with van der Waals surface area (Å²) in [6.07, 6.45) is 0. The van der Waals surface area contributed by atoms with Crippen LogP contribution in [0.15, 0.2) is 255 Å². The maximum Gasteiger partial charge on any atom is 0.0627 e. The van der Waals surface area contributed by atoms with Crippen LogP contribution in [0.5, 0.6) is 0 Å². The molecule has 19 rings (SSSR count). The lowest BCUT2D eigenvalue weighted by Gasteiger charge is -2.12. The van der Waals surface area contributed by atoms with Crippen molar-refractivity contribution in [2.24, 2.45) is 0 Å². The molecular weight excluding hydrogens is 945 g/mol. The Bertz CT molecular complexity index is 5790. The molecule has 0 saturated carbocycles. The zero-order chi connectivity index (χ0) is 50.5. The summed E-state index contributed by atoms with van der Waals surface area (Å²) < 4.78 is 10.1. The van der Waals surface area contributed by atoms with Crippen LogP contribution in [0.3, 0.4) is 0 Å². The van der Waals surface area contributed by atoms with Crippen LogP contribution < -0.4 is 0 Å². The van der Waals surface area contributed by atoms with Gasteiger partial charge in [-0.1, -0.05) is 170 Å². The predicted octanol–water partition coefficient (Wildman–Crippen LogP) is 19.8. The second-order valence-corrected chi connectivity index (χ2v) is 21.5. The lowest BCUT2D eigenvalue weighted by molar-refractivity contribution is 1.18. The molecule has 0 atom stereocenters. The number of nitrogens with zero attached hydrogens (tertiary/aromatic N) is 4. The number of rotatable bonds is 4. The summed E-state index contributed by atoms with van der Waals surface area (Å²) in [6.45, 7) is 0. The molecule has 0 N–H and O–H groups in total. The lowest BCUT2D eigenvalue weighted by atomic mass is 9.94. The Labute approximate surface area is 445 Å². The van der Waals surface area contributed by atoms with Crippen LogP contribution >= 0.6 is 0 Å². The fourth-order valence-electron chi connectivity index (χ4n) is 14.6. The van der Waals surface area contributed by atoms with Crippen molar-refractivity contribution in [3.63, 3.8) is 0 Å². The first-order valence-electron chi connectivity index (χ1n) is 27.1. The zero-order valence-electron chi connectivity index (χ0n) is 42.0. The summed E-state index contributed by atoms with van der Waals surface area (Å²) in [5.74, 6) is 0. The SMILES string of the molecule is c1ccc(-n2c3ccccc3c3cc(-c4cc5ccccc5c5c6cccc7c8cc9c(cc8n(c45)c76)c4cc5ccccc5c5c6cccc(-c7ccc8c(c7)c7ccccc7n8-c7ccccc7)c6n9c45)ccc32)cc1. The summed E-state index contributed by atoms with van der Waals surface area (Å²) in [7, 11) is 0. The van der Waals surface area contributed by atoms with Gasteiger partial charge in [-0.15, -0.1) is 0 Å². The van der Waals surface area contributed by atoms with Crippen LogP contribution in [0.1, 0.15) is 0 Å². The second kappa shape index (κ2) is 14.7. The van der Waals surface area contributed by atoms with E-state index in [0.717, 1.165) is 11.4 Å². The molecule has 358 valence electrons. The van der Waals surface area contributed by atoms with E-state index in [4.69, 9.17) is 0 Å². The topological polar surface area (TPSA) is 18.7 Å². The van der Waals surface area contributed by atoms with Gasteiger partial charge in [-0.2, -0.15) is 0 Å². The minimum absolute atomic E-state index is 1.16. The maximum atomic E-state index is 2.63. The van der Waals surface area contributed by atoms with Gasteiger partial charge >= 0.3 is 0 Å². The van der Waals surface area contributed by atoms with Crippen molar-refractivity contribution in [3.05, 3.63) is 255 Å². The van der Waals surface area contributed by atoms with Gasteiger partial charge in [-0.05, 0) is 118 Å². The van der Waals surface area contributed by atoms with Crippen molar-refractivity contribution in [1.29, 1.82) is 0 Å². The Balaban J connectivity index is 0.925. The van der Waals surface area contributed by atoms with Crippen molar-refractivity contribution in [1.82, 2.24) is 17.9 Å². The number of hydrogen-bond donors (Lipinski definition) is 0. The molecule has 0 aliphatic heterocycles. The Kier molecular flexibility index (Phi) is 7.71. The highest BCUT2D eigenvalue weighted by Gasteiger charge is 2.27. The van der Waals surface area contributed by atoms with E-state index < -0.39 is 0 Å². The highest BCUT2D eigenvalue weighted by atomic mass is 15.0. The average molecular weight is 987 g/mol. The molecule has 0 saturated heterocycles. The minimum atomic E-state index is 1.16. The molecule has 0 aliphatic carbocycles. The highest BCUT2D eigenvalue weighted by Crippen LogP contribution is 2.51. The number of hydrogen-bond acceptors (Lipinski definition) is 0. The summed E-state index contributed by atoms with van der Waals surface area (Å²) in [4.78, 5) is 0. The van der Waals surface area contributed by atoms with E-state index in [9.17, 15) is 0 Å². The van der Waals surface area contributed by atoms with E-state index in [2.05, 4.69) is 273 Å². The van der Waals surface area contributed by atoms with Crippen LogP contribution in [0, 0.1) is 0 Å². The van der Waals surface area contributed by atoms with Crippen molar-refractivity contribution < 1.29 is 0 Å².